The van der Waals surface area contributed by atoms with Crippen LogP contribution in [-0.4, -0.2) is 50.3 Å². The number of hydrogen-bond acceptors (Lipinski definition) is 4. The van der Waals surface area contributed by atoms with E-state index in [0.717, 1.165) is 24.6 Å². The SMILES string of the molecule is CN=C(NCc1cc(OC)c(O)c(OC)c1)N1CCC2(CCC2)C1. The smallest absolute Gasteiger partial charge is 0.200 e. The summed E-state index contributed by atoms with van der Waals surface area (Å²) in [7, 11) is 4.89. The molecule has 1 aliphatic carbocycles. The standard InChI is InChI=1S/C18H27N3O3/c1-19-17(21-8-7-18(12-21)5-4-6-18)20-11-13-9-14(23-2)16(22)15(10-13)24-3/h9-10,22H,4-8,11-12H2,1-3H3,(H,19,20). The molecule has 1 aromatic rings. The van der Waals surface area contributed by atoms with Crippen molar-refractivity contribution in [3.05, 3.63) is 17.7 Å². The molecule has 0 radical (unpaired) electrons. The molecule has 0 bridgehead atoms. The van der Waals surface area contributed by atoms with Gasteiger partial charge in [0.05, 0.1) is 14.2 Å². The number of hydrogen-bond donors (Lipinski definition) is 2. The Morgan fingerprint density at radius 3 is 2.38 bits per heavy atom. The molecule has 0 unspecified atom stereocenters. The predicted octanol–water partition coefficient (Wildman–Crippen LogP) is 2.36. The van der Waals surface area contributed by atoms with Crippen LogP contribution in [0.15, 0.2) is 17.1 Å². The van der Waals surface area contributed by atoms with Crippen LogP contribution in [0.2, 0.25) is 0 Å². The van der Waals surface area contributed by atoms with E-state index in [-0.39, 0.29) is 5.75 Å². The maximum atomic E-state index is 10.00. The van der Waals surface area contributed by atoms with E-state index in [1.54, 1.807) is 0 Å². The molecule has 24 heavy (non-hydrogen) atoms. The van der Waals surface area contributed by atoms with Gasteiger partial charge in [0.25, 0.3) is 0 Å². The number of likely N-dealkylation sites (tertiary alicyclic amines) is 1. The number of guanidine groups is 1. The summed E-state index contributed by atoms with van der Waals surface area (Å²) in [6.45, 7) is 2.78. The first kappa shape index (κ1) is 16.7. The van der Waals surface area contributed by atoms with E-state index < -0.39 is 0 Å². The summed E-state index contributed by atoms with van der Waals surface area (Å²) in [5.74, 6) is 1.79. The molecule has 6 heteroatoms. The topological polar surface area (TPSA) is 66.3 Å². The number of phenols is 1. The fourth-order valence-corrected chi connectivity index (χ4v) is 3.76. The molecule has 2 fully saturated rings. The molecule has 1 saturated heterocycles. The average molecular weight is 333 g/mol. The molecule has 1 aromatic carbocycles. The third kappa shape index (κ3) is 3.09. The second-order valence-corrected chi connectivity index (χ2v) is 6.77. The van der Waals surface area contributed by atoms with Crippen molar-refractivity contribution >= 4 is 5.96 Å². The Bertz CT molecular complexity index is 601. The second-order valence-electron chi connectivity index (χ2n) is 6.77. The highest BCUT2D eigenvalue weighted by Crippen LogP contribution is 2.47. The highest BCUT2D eigenvalue weighted by molar-refractivity contribution is 5.80. The van der Waals surface area contributed by atoms with E-state index in [4.69, 9.17) is 9.47 Å². The Morgan fingerprint density at radius 1 is 1.25 bits per heavy atom. The third-order valence-electron chi connectivity index (χ3n) is 5.35. The number of nitrogens with zero attached hydrogens (tertiary/aromatic N) is 2. The normalized spacial score (nSPS) is 19.3. The number of aliphatic imine (C=N–C) groups is 1. The monoisotopic (exact) mass is 333 g/mol. The molecule has 1 heterocycles. The van der Waals surface area contributed by atoms with Crippen LogP contribution in [0.1, 0.15) is 31.2 Å². The zero-order valence-electron chi connectivity index (χ0n) is 14.8. The number of phenolic OH excluding ortho intramolecular Hbond substituents is 1. The number of rotatable bonds is 4. The minimum absolute atomic E-state index is 0.0274. The van der Waals surface area contributed by atoms with E-state index in [9.17, 15) is 5.11 Å². The Hall–Kier alpha value is -2.11. The van der Waals surface area contributed by atoms with Crippen LogP contribution in [0.25, 0.3) is 0 Å². The highest BCUT2D eigenvalue weighted by atomic mass is 16.5. The molecule has 1 spiro atoms. The van der Waals surface area contributed by atoms with Crippen molar-refractivity contribution in [1.29, 1.82) is 0 Å². The largest absolute Gasteiger partial charge is 0.502 e. The number of nitrogens with one attached hydrogen (secondary N) is 1. The van der Waals surface area contributed by atoms with Gasteiger partial charge in [-0.1, -0.05) is 6.42 Å². The summed E-state index contributed by atoms with van der Waals surface area (Å²) in [4.78, 5) is 6.79. The zero-order chi connectivity index (χ0) is 17.2. The maximum Gasteiger partial charge on any atom is 0.200 e. The van der Waals surface area contributed by atoms with Crippen molar-refractivity contribution in [1.82, 2.24) is 10.2 Å². The summed E-state index contributed by atoms with van der Waals surface area (Å²) >= 11 is 0. The third-order valence-corrected chi connectivity index (χ3v) is 5.35. The minimum atomic E-state index is 0.0274. The molecule has 3 rings (SSSR count). The minimum Gasteiger partial charge on any atom is -0.502 e. The van der Waals surface area contributed by atoms with Crippen LogP contribution < -0.4 is 14.8 Å². The van der Waals surface area contributed by atoms with E-state index in [1.165, 1.54) is 39.9 Å². The van der Waals surface area contributed by atoms with Gasteiger partial charge in [-0.05, 0) is 42.4 Å². The van der Waals surface area contributed by atoms with E-state index in [2.05, 4.69) is 15.2 Å². The number of benzene rings is 1. The van der Waals surface area contributed by atoms with Crippen molar-refractivity contribution in [2.75, 3.05) is 34.4 Å². The molecule has 0 amide bonds. The fourth-order valence-electron chi connectivity index (χ4n) is 3.76. The van der Waals surface area contributed by atoms with E-state index in [1.807, 2.05) is 19.2 Å². The molecule has 0 aromatic heterocycles. The lowest BCUT2D eigenvalue weighted by atomic mass is 9.68. The summed E-state index contributed by atoms with van der Waals surface area (Å²) in [5.41, 5.74) is 1.52. The van der Waals surface area contributed by atoms with Crippen molar-refractivity contribution in [2.45, 2.75) is 32.2 Å². The van der Waals surface area contributed by atoms with E-state index >= 15 is 0 Å². The number of aromatic hydroxyl groups is 1. The Balaban J connectivity index is 1.66. The Labute approximate surface area is 143 Å². The quantitative estimate of drug-likeness (QED) is 0.654. The summed E-state index contributed by atoms with van der Waals surface area (Å²) < 4.78 is 10.4. The van der Waals surface area contributed by atoms with Gasteiger partial charge in [0.1, 0.15) is 0 Å². The molecule has 6 nitrogen and oxygen atoms in total. The van der Waals surface area contributed by atoms with Crippen molar-refractivity contribution in [3.63, 3.8) is 0 Å². The molecule has 0 atom stereocenters. The first-order valence-electron chi connectivity index (χ1n) is 8.50. The lowest BCUT2D eigenvalue weighted by Crippen LogP contribution is -2.42. The van der Waals surface area contributed by atoms with Crippen LogP contribution in [0.5, 0.6) is 17.2 Å². The van der Waals surface area contributed by atoms with Gasteiger partial charge in [0, 0.05) is 26.7 Å². The summed E-state index contributed by atoms with van der Waals surface area (Å²) in [6, 6.07) is 3.63. The zero-order valence-corrected chi connectivity index (χ0v) is 14.8. The molecule has 2 aliphatic rings. The second kappa shape index (κ2) is 6.79. The lowest BCUT2D eigenvalue weighted by Gasteiger charge is -2.38. The van der Waals surface area contributed by atoms with Gasteiger partial charge in [0.2, 0.25) is 5.75 Å². The van der Waals surface area contributed by atoms with Gasteiger partial charge in [-0.2, -0.15) is 0 Å². The first-order valence-corrected chi connectivity index (χ1v) is 8.50. The van der Waals surface area contributed by atoms with Gasteiger partial charge in [0.15, 0.2) is 17.5 Å². The van der Waals surface area contributed by atoms with Gasteiger partial charge >= 0.3 is 0 Å². The Morgan fingerprint density at radius 2 is 1.92 bits per heavy atom. The summed E-state index contributed by atoms with van der Waals surface area (Å²) in [6.07, 6.45) is 5.35. The van der Waals surface area contributed by atoms with Crippen molar-refractivity contribution < 1.29 is 14.6 Å². The molecule has 2 N–H and O–H groups in total. The average Bonchev–Trinajstić information content (AvgIpc) is 3.02. The van der Waals surface area contributed by atoms with Crippen LogP contribution in [0, 0.1) is 5.41 Å². The number of methoxy groups -OCH3 is 2. The van der Waals surface area contributed by atoms with Gasteiger partial charge in [-0.25, -0.2) is 0 Å². The first-order chi connectivity index (χ1) is 11.6. The van der Waals surface area contributed by atoms with E-state index in [0.29, 0.717) is 23.5 Å². The fraction of sp³-hybridized carbons (Fsp3) is 0.611. The van der Waals surface area contributed by atoms with Crippen LogP contribution >= 0.6 is 0 Å². The van der Waals surface area contributed by atoms with Crippen LogP contribution in [0.3, 0.4) is 0 Å². The van der Waals surface area contributed by atoms with Gasteiger partial charge in [-0.3, -0.25) is 4.99 Å². The predicted molar refractivity (Wildman–Crippen MR) is 93.9 cm³/mol. The van der Waals surface area contributed by atoms with Crippen molar-refractivity contribution in [3.8, 4) is 17.2 Å². The molecule has 1 aliphatic heterocycles. The molecule has 132 valence electrons. The molecule has 1 saturated carbocycles. The highest BCUT2D eigenvalue weighted by Gasteiger charge is 2.43. The van der Waals surface area contributed by atoms with Gasteiger partial charge in [-0.15, -0.1) is 0 Å². The molecular weight excluding hydrogens is 306 g/mol. The lowest BCUT2D eigenvalue weighted by molar-refractivity contribution is 0.151. The van der Waals surface area contributed by atoms with Crippen molar-refractivity contribution in [2.24, 2.45) is 10.4 Å². The van der Waals surface area contributed by atoms with Gasteiger partial charge < -0.3 is 24.8 Å². The van der Waals surface area contributed by atoms with Crippen LogP contribution in [-0.2, 0) is 6.54 Å². The summed E-state index contributed by atoms with van der Waals surface area (Å²) in [5, 5.41) is 13.4. The molecular formula is C18H27N3O3. The van der Waals surface area contributed by atoms with Crippen LogP contribution in [0.4, 0.5) is 0 Å². The Kier molecular flexibility index (Phi) is 4.73. The number of ether oxygens (including phenoxy) is 2. The maximum absolute atomic E-state index is 10.00.